The lowest BCUT2D eigenvalue weighted by Gasteiger charge is -2.20. The molecular weight excluding hydrogens is 313 g/mol. The fourth-order valence-electron chi connectivity index (χ4n) is 1.72. The average molecular weight is 334 g/mol. The van der Waals surface area contributed by atoms with Gasteiger partial charge >= 0.3 is 6.09 Å². The summed E-state index contributed by atoms with van der Waals surface area (Å²) in [6.07, 6.45) is -2.92. The molecule has 1 aromatic carbocycles. The molecule has 0 aliphatic heterocycles. The molecule has 124 valence electrons. The van der Waals surface area contributed by atoms with Crippen molar-refractivity contribution in [2.24, 2.45) is 0 Å². The number of carbonyl (C=O) groups is 1. The molecule has 2 unspecified atom stereocenters. The van der Waals surface area contributed by atoms with E-state index in [4.69, 9.17) is 16.3 Å². The number of hydrogen-bond acceptors (Lipinski definition) is 4. The van der Waals surface area contributed by atoms with Crippen molar-refractivity contribution in [3.05, 3.63) is 29.6 Å². The van der Waals surface area contributed by atoms with Crippen molar-refractivity contribution < 1.29 is 24.1 Å². The van der Waals surface area contributed by atoms with Crippen LogP contribution in [0.15, 0.2) is 18.2 Å². The van der Waals surface area contributed by atoms with E-state index >= 15 is 0 Å². The van der Waals surface area contributed by atoms with E-state index in [1.807, 2.05) is 0 Å². The van der Waals surface area contributed by atoms with Crippen LogP contribution in [0.5, 0.6) is 0 Å². The maximum Gasteiger partial charge on any atom is 0.412 e. The van der Waals surface area contributed by atoms with Gasteiger partial charge in [0, 0.05) is 5.88 Å². The number of carbonyl (C=O) groups excluding carboxylic acids is 1. The fourth-order valence-corrected chi connectivity index (χ4v) is 1.95. The Balaban J connectivity index is 2.79. The zero-order valence-corrected chi connectivity index (χ0v) is 13.5. The van der Waals surface area contributed by atoms with Gasteiger partial charge in [0.25, 0.3) is 0 Å². The van der Waals surface area contributed by atoms with E-state index in [-0.39, 0.29) is 23.6 Å². The quantitative estimate of drug-likeness (QED) is 0.723. The van der Waals surface area contributed by atoms with Gasteiger partial charge in [0.2, 0.25) is 0 Å². The number of nitrogens with one attached hydrogen (secondary N) is 1. The van der Waals surface area contributed by atoms with Crippen molar-refractivity contribution in [3.63, 3.8) is 0 Å². The molecule has 5 nitrogen and oxygen atoms in total. The highest BCUT2D eigenvalue weighted by Gasteiger charge is 2.21. The summed E-state index contributed by atoms with van der Waals surface area (Å²) in [5.74, 6) is -0.556. The summed E-state index contributed by atoms with van der Waals surface area (Å²) in [4.78, 5) is 11.6. The van der Waals surface area contributed by atoms with Crippen LogP contribution in [0.1, 0.15) is 38.9 Å². The molecule has 0 radical (unpaired) electrons. The van der Waals surface area contributed by atoms with Crippen LogP contribution in [0.4, 0.5) is 14.9 Å². The Kier molecular flexibility index (Phi) is 6.59. The van der Waals surface area contributed by atoms with Crippen LogP contribution in [-0.4, -0.2) is 33.9 Å². The molecule has 0 spiro atoms. The van der Waals surface area contributed by atoms with E-state index in [1.54, 1.807) is 20.8 Å². The minimum Gasteiger partial charge on any atom is -0.444 e. The van der Waals surface area contributed by atoms with Gasteiger partial charge in [-0.15, -0.1) is 11.6 Å². The molecule has 1 amide bonds. The standard InChI is InChI=1S/C15H21ClFNO4/c1-15(2,3)22-14(21)18-11-5-4-9(8-10(11)17)13(20)12(19)6-7-16/h4-5,8,12-13,19-20H,6-7H2,1-3H3,(H,18,21). The van der Waals surface area contributed by atoms with Gasteiger partial charge in [-0.3, -0.25) is 5.32 Å². The maximum absolute atomic E-state index is 14.0. The van der Waals surface area contributed by atoms with Crippen molar-refractivity contribution in [1.29, 1.82) is 0 Å². The van der Waals surface area contributed by atoms with Gasteiger partial charge in [0.15, 0.2) is 0 Å². The second-order valence-corrected chi connectivity index (χ2v) is 6.23. The van der Waals surface area contributed by atoms with Crippen LogP contribution in [0.2, 0.25) is 0 Å². The van der Waals surface area contributed by atoms with Crippen molar-refractivity contribution in [1.82, 2.24) is 0 Å². The first-order valence-electron chi connectivity index (χ1n) is 6.85. The van der Waals surface area contributed by atoms with E-state index in [1.165, 1.54) is 12.1 Å². The number of halogens is 2. The summed E-state index contributed by atoms with van der Waals surface area (Å²) in [5, 5.41) is 21.8. The summed E-state index contributed by atoms with van der Waals surface area (Å²) in [6.45, 7) is 5.09. The normalized spacial score (nSPS) is 14.3. The summed E-state index contributed by atoms with van der Waals surface area (Å²) in [6, 6.07) is 3.76. The van der Waals surface area contributed by atoms with E-state index in [0.717, 1.165) is 6.07 Å². The number of rotatable bonds is 5. The molecule has 0 saturated heterocycles. The van der Waals surface area contributed by atoms with Gasteiger partial charge in [-0.25, -0.2) is 9.18 Å². The summed E-state index contributed by atoms with van der Waals surface area (Å²) in [7, 11) is 0. The first-order valence-corrected chi connectivity index (χ1v) is 7.39. The van der Waals surface area contributed by atoms with E-state index < -0.39 is 29.7 Å². The first kappa shape index (κ1) is 18.7. The van der Waals surface area contributed by atoms with E-state index in [2.05, 4.69) is 5.32 Å². The molecule has 22 heavy (non-hydrogen) atoms. The predicted octanol–water partition coefficient (Wildman–Crippen LogP) is 3.20. The van der Waals surface area contributed by atoms with Gasteiger partial charge < -0.3 is 14.9 Å². The molecule has 0 bridgehead atoms. The smallest absolute Gasteiger partial charge is 0.412 e. The zero-order valence-electron chi connectivity index (χ0n) is 12.8. The highest BCUT2D eigenvalue weighted by Crippen LogP contribution is 2.24. The Hall–Kier alpha value is -1.37. The summed E-state index contributed by atoms with van der Waals surface area (Å²) < 4.78 is 19.0. The Morgan fingerprint density at radius 3 is 2.55 bits per heavy atom. The number of anilines is 1. The first-order chi connectivity index (χ1) is 10.1. The molecule has 0 heterocycles. The van der Waals surface area contributed by atoms with Crippen molar-refractivity contribution in [3.8, 4) is 0 Å². The number of alkyl halides is 1. The summed E-state index contributed by atoms with van der Waals surface area (Å²) >= 11 is 5.49. The van der Waals surface area contributed by atoms with Gasteiger partial charge in [-0.1, -0.05) is 6.07 Å². The van der Waals surface area contributed by atoms with Crippen LogP contribution in [0.3, 0.4) is 0 Å². The number of aliphatic hydroxyl groups is 2. The number of ether oxygens (including phenoxy) is 1. The number of aliphatic hydroxyl groups excluding tert-OH is 2. The van der Waals surface area contributed by atoms with Crippen LogP contribution < -0.4 is 5.32 Å². The maximum atomic E-state index is 14.0. The van der Waals surface area contributed by atoms with Crippen molar-refractivity contribution >= 4 is 23.4 Å². The van der Waals surface area contributed by atoms with E-state index in [9.17, 15) is 19.4 Å². The highest BCUT2D eigenvalue weighted by atomic mass is 35.5. The molecule has 2 atom stereocenters. The molecule has 3 N–H and O–H groups in total. The average Bonchev–Trinajstić information content (AvgIpc) is 2.38. The van der Waals surface area contributed by atoms with Gasteiger partial charge in [0.1, 0.15) is 17.5 Å². The molecule has 0 aliphatic carbocycles. The molecule has 1 aromatic rings. The van der Waals surface area contributed by atoms with Crippen LogP contribution in [-0.2, 0) is 4.74 Å². The number of benzene rings is 1. The lowest BCUT2D eigenvalue weighted by atomic mass is 10.0. The van der Waals surface area contributed by atoms with Gasteiger partial charge in [0.05, 0.1) is 11.8 Å². The molecule has 0 aromatic heterocycles. The Labute approximate surface area is 134 Å². The van der Waals surface area contributed by atoms with Gasteiger partial charge in [-0.2, -0.15) is 0 Å². The lowest BCUT2D eigenvalue weighted by Crippen LogP contribution is -2.27. The molecule has 7 heteroatoms. The Bertz CT molecular complexity index is 519. The molecule has 0 fully saturated rings. The number of amides is 1. The third-order valence-electron chi connectivity index (χ3n) is 2.74. The largest absolute Gasteiger partial charge is 0.444 e. The lowest BCUT2D eigenvalue weighted by molar-refractivity contribution is 0.0168. The Morgan fingerprint density at radius 2 is 2.05 bits per heavy atom. The topological polar surface area (TPSA) is 78.8 Å². The number of hydrogen-bond donors (Lipinski definition) is 3. The zero-order chi connectivity index (χ0) is 16.9. The third-order valence-corrected chi connectivity index (χ3v) is 2.96. The molecule has 0 aliphatic rings. The third kappa shape index (κ3) is 5.79. The molecule has 1 rings (SSSR count). The van der Waals surface area contributed by atoms with Crippen LogP contribution in [0, 0.1) is 5.82 Å². The highest BCUT2D eigenvalue weighted by molar-refractivity contribution is 6.17. The Morgan fingerprint density at radius 1 is 1.41 bits per heavy atom. The minimum absolute atomic E-state index is 0.0722. The minimum atomic E-state index is -1.25. The molecular formula is C15H21ClFNO4. The molecule has 0 saturated carbocycles. The van der Waals surface area contributed by atoms with Crippen LogP contribution >= 0.6 is 11.6 Å². The monoisotopic (exact) mass is 333 g/mol. The van der Waals surface area contributed by atoms with Crippen molar-refractivity contribution in [2.75, 3.05) is 11.2 Å². The van der Waals surface area contributed by atoms with E-state index in [0.29, 0.717) is 0 Å². The summed E-state index contributed by atoms with van der Waals surface area (Å²) in [5.41, 5.74) is -0.565. The van der Waals surface area contributed by atoms with Crippen molar-refractivity contribution in [2.45, 2.75) is 45.0 Å². The van der Waals surface area contributed by atoms with Crippen LogP contribution in [0.25, 0.3) is 0 Å². The SMILES string of the molecule is CC(C)(C)OC(=O)Nc1ccc(C(O)C(O)CCCl)cc1F. The second-order valence-electron chi connectivity index (χ2n) is 5.86. The fraction of sp³-hybridized carbons (Fsp3) is 0.533. The second kappa shape index (κ2) is 7.76. The van der Waals surface area contributed by atoms with Gasteiger partial charge in [-0.05, 0) is 44.9 Å². The predicted molar refractivity (Wildman–Crippen MR) is 82.6 cm³/mol.